The minimum absolute atomic E-state index is 0. The molecule has 1 aromatic heterocycles. The molecule has 126 valence electrons. The number of guanidine groups is 1. The van der Waals surface area contributed by atoms with Crippen LogP contribution in [0.5, 0.6) is 0 Å². The molecule has 2 rings (SSSR count). The molecule has 0 fully saturated rings. The second kappa shape index (κ2) is 9.87. The SMILES string of the molecule is Cc1nc(C)c(CCNC(=NCc2ccccc2)N(C)C)s1.I. The topological polar surface area (TPSA) is 40.5 Å². The first-order valence-corrected chi connectivity index (χ1v) is 8.30. The first kappa shape index (κ1) is 19.9. The third kappa shape index (κ3) is 6.47. The number of nitrogens with one attached hydrogen (secondary N) is 1. The molecule has 1 heterocycles. The van der Waals surface area contributed by atoms with Gasteiger partial charge in [-0.25, -0.2) is 9.98 Å². The smallest absolute Gasteiger partial charge is 0.193 e. The highest BCUT2D eigenvalue weighted by Crippen LogP contribution is 2.17. The summed E-state index contributed by atoms with van der Waals surface area (Å²) in [5.41, 5.74) is 2.37. The summed E-state index contributed by atoms with van der Waals surface area (Å²) in [4.78, 5) is 12.5. The van der Waals surface area contributed by atoms with Crippen molar-refractivity contribution in [2.24, 2.45) is 4.99 Å². The van der Waals surface area contributed by atoms with Gasteiger partial charge in [0.05, 0.1) is 17.2 Å². The summed E-state index contributed by atoms with van der Waals surface area (Å²) in [5.74, 6) is 0.919. The largest absolute Gasteiger partial charge is 0.356 e. The third-order valence-electron chi connectivity index (χ3n) is 3.31. The highest BCUT2D eigenvalue weighted by molar-refractivity contribution is 14.0. The number of aliphatic imine (C=N–C) groups is 1. The molecule has 0 bridgehead atoms. The number of hydrogen-bond donors (Lipinski definition) is 1. The van der Waals surface area contributed by atoms with Crippen LogP contribution in [-0.4, -0.2) is 36.5 Å². The fourth-order valence-corrected chi connectivity index (χ4v) is 3.13. The van der Waals surface area contributed by atoms with Gasteiger partial charge in [0, 0.05) is 31.9 Å². The molecular weight excluding hydrogens is 419 g/mol. The molecule has 0 saturated heterocycles. The Bertz CT molecular complexity index is 623. The predicted molar refractivity (Wildman–Crippen MR) is 110 cm³/mol. The average Bonchev–Trinajstić information content (AvgIpc) is 2.81. The number of aryl methyl sites for hydroxylation is 2. The normalized spacial score (nSPS) is 11.0. The summed E-state index contributed by atoms with van der Waals surface area (Å²) < 4.78 is 0. The van der Waals surface area contributed by atoms with Crippen LogP contribution >= 0.6 is 35.3 Å². The lowest BCUT2D eigenvalue weighted by molar-refractivity contribution is 0.579. The molecule has 1 aromatic carbocycles. The molecule has 0 atom stereocenters. The lowest BCUT2D eigenvalue weighted by Gasteiger charge is -2.17. The Balaban J connectivity index is 0.00000264. The van der Waals surface area contributed by atoms with Crippen molar-refractivity contribution in [2.45, 2.75) is 26.8 Å². The van der Waals surface area contributed by atoms with Crippen LogP contribution in [0.1, 0.15) is 21.1 Å². The second-order valence-corrected chi connectivity index (χ2v) is 6.73. The predicted octanol–water partition coefficient (Wildman–Crippen LogP) is 3.63. The molecule has 0 aliphatic carbocycles. The Hall–Kier alpha value is -1.15. The van der Waals surface area contributed by atoms with Gasteiger partial charge in [0.25, 0.3) is 0 Å². The van der Waals surface area contributed by atoms with E-state index in [-0.39, 0.29) is 24.0 Å². The van der Waals surface area contributed by atoms with Gasteiger partial charge < -0.3 is 10.2 Å². The summed E-state index contributed by atoms with van der Waals surface area (Å²) in [6, 6.07) is 10.3. The van der Waals surface area contributed by atoms with Crippen molar-refractivity contribution in [1.29, 1.82) is 0 Å². The van der Waals surface area contributed by atoms with Crippen LogP contribution in [0.2, 0.25) is 0 Å². The van der Waals surface area contributed by atoms with E-state index in [0.717, 1.165) is 29.6 Å². The maximum Gasteiger partial charge on any atom is 0.193 e. The number of aromatic nitrogens is 1. The van der Waals surface area contributed by atoms with Gasteiger partial charge in [0.2, 0.25) is 0 Å². The van der Waals surface area contributed by atoms with Gasteiger partial charge in [-0.1, -0.05) is 30.3 Å². The molecule has 2 aromatic rings. The Morgan fingerprint density at radius 3 is 2.48 bits per heavy atom. The average molecular weight is 444 g/mol. The fraction of sp³-hybridized carbons (Fsp3) is 0.412. The first-order chi connectivity index (χ1) is 10.6. The van der Waals surface area contributed by atoms with Gasteiger partial charge in [0.15, 0.2) is 5.96 Å². The van der Waals surface area contributed by atoms with Crippen LogP contribution in [0.15, 0.2) is 35.3 Å². The molecule has 1 N–H and O–H groups in total. The van der Waals surface area contributed by atoms with Crippen molar-refractivity contribution in [3.63, 3.8) is 0 Å². The zero-order valence-corrected chi connectivity index (χ0v) is 17.3. The summed E-state index contributed by atoms with van der Waals surface area (Å²) in [6.07, 6.45) is 0.982. The third-order valence-corrected chi connectivity index (χ3v) is 4.45. The van der Waals surface area contributed by atoms with Gasteiger partial charge in [-0.15, -0.1) is 35.3 Å². The van der Waals surface area contributed by atoms with E-state index in [1.807, 2.05) is 37.2 Å². The Labute approximate surface area is 160 Å². The van der Waals surface area contributed by atoms with Crippen molar-refractivity contribution < 1.29 is 0 Å². The molecule has 0 saturated carbocycles. The van der Waals surface area contributed by atoms with E-state index in [9.17, 15) is 0 Å². The van der Waals surface area contributed by atoms with Crippen LogP contribution in [-0.2, 0) is 13.0 Å². The van der Waals surface area contributed by atoms with Gasteiger partial charge in [-0.2, -0.15) is 0 Å². The van der Waals surface area contributed by atoms with E-state index < -0.39 is 0 Å². The highest BCUT2D eigenvalue weighted by atomic mass is 127. The summed E-state index contributed by atoms with van der Waals surface area (Å²) in [6.45, 7) is 5.70. The minimum Gasteiger partial charge on any atom is -0.356 e. The number of benzene rings is 1. The van der Waals surface area contributed by atoms with Crippen LogP contribution in [0.25, 0.3) is 0 Å². The first-order valence-electron chi connectivity index (χ1n) is 7.48. The maximum atomic E-state index is 4.67. The van der Waals surface area contributed by atoms with E-state index in [1.54, 1.807) is 11.3 Å². The van der Waals surface area contributed by atoms with Crippen molar-refractivity contribution >= 4 is 41.3 Å². The number of nitrogens with zero attached hydrogens (tertiary/aromatic N) is 3. The summed E-state index contributed by atoms with van der Waals surface area (Å²) in [7, 11) is 4.03. The molecular formula is C17H25IN4S. The molecule has 0 unspecified atom stereocenters. The molecule has 0 amide bonds. The molecule has 4 nitrogen and oxygen atoms in total. The summed E-state index contributed by atoms with van der Waals surface area (Å²) >= 11 is 1.78. The van der Waals surface area contributed by atoms with Gasteiger partial charge in [-0.05, 0) is 19.4 Å². The van der Waals surface area contributed by atoms with E-state index in [1.165, 1.54) is 10.4 Å². The number of thiazole rings is 1. The molecule has 0 aliphatic heterocycles. The van der Waals surface area contributed by atoms with E-state index in [2.05, 4.69) is 41.3 Å². The Morgan fingerprint density at radius 1 is 1.22 bits per heavy atom. The monoisotopic (exact) mass is 444 g/mol. The highest BCUT2D eigenvalue weighted by Gasteiger charge is 2.06. The molecule has 0 spiro atoms. The molecule has 0 aliphatic rings. The molecule has 23 heavy (non-hydrogen) atoms. The zero-order valence-electron chi connectivity index (χ0n) is 14.2. The lowest BCUT2D eigenvalue weighted by atomic mass is 10.2. The number of rotatable bonds is 5. The van der Waals surface area contributed by atoms with Crippen molar-refractivity contribution in [3.05, 3.63) is 51.5 Å². The zero-order chi connectivity index (χ0) is 15.9. The minimum atomic E-state index is 0. The Kier molecular flexibility index (Phi) is 8.54. The van der Waals surface area contributed by atoms with E-state index in [0.29, 0.717) is 6.54 Å². The van der Waals surface area contributed by atoms with Gasteiger partial charge in [0.1, 0.15) is 0 Å². The van der Waals surface area contributed by atoms with Crippen LogP contribution < -0.4 is 5.32 Å². The maximum absolute atomic E-state index is 4.67. The van der Waals surface area contributed by atoms with Crippen LogP contribution in [0.4, 0.5) is 0 Å². The molecule has 6 heteroatoms. The summed E-state index contributed by atoms with van der Waals surface area (Å²) in [5, 5.41) is 4.57. The van der Waals surface area contributed by atoms with E-state index in [4.69, 9.17) is 0 Å². The van der Waals surface area contributed by atoms with Gasteiger partial charge in [-0.3, -0.25) is 0 Å². The molecule has 0 radical (unpaired) electrons. The fourth-order valence-electron chi connectivity index (χ4n) is 2.20. The standard InChI is InChI=1S/C17H24N4S.HI/c1-13-16(22-14(2)20-13)10-11-18-17(21(3)4)19-12-15-8-6-5-7-9-15;/h5-9H,10-12H2,1-4H3,(H,18,19);1H. The van der Waals surface area contributed by atoms with Crippen molar-refractivity contribution in [2.75, 3.05) is 20.6 Å². The van der Waals surface area contributed by atoms with Crippen molar-refractivity contribution in [3.8, 4) is 0 Å². The van der Waals surface area contributed by atoms with Crippen molar-refractivity contribution in [1.82, 2.24) is 15.2 Å². The Morgan fingerprint density at radius 2 is 1.91 bits per heavy atom. The number of hydrogen-bond acceptors (Lipinski definition) is 3. The van der Waals surface area contributed by atoms with Gasteiger partial charge >= 0.3 is 0 Å². The van der Waals surface area contributed by atoms with E-state index >= 15 is 0 Å². The van der Waals surface area contributed by atoms with Crippen LogP contribution in [0.3, 0.4) is 0 Å². The second-order valence-electron chi connectivity index (χ2n) is 5.44. The lowest BCUT2D eigenvalue weighted by Crippen LogP contribution is -2.37. The number of halogens is 1. The van der Waals surface area contributed by atoms with Crippen LogP contribution in [0, 0.1) is 13.8 Å². The quantitative estimate of drug-likeness (QED) is 0.435.